The third-order valence-corrected chi connectivity index (χ3v) is 7.80. The van der Waals surface area contributed by atoms with E-state index in [0.29, 0.717) is 49.3 Å². The van der Waals surface area contributed by atoms with Crippen LogP contribution in [-0.2, 0) is 16.1 Å². The van der Waals surface area contributed by atoms with Crippen molar-refractivity contribution >= 4 is 35.0 Å². The Kier molecular flexibility index (Phi) is 8.94. The van der Waals surface area contributed by atoms with E-state index in [2.05, 4.69) is 4.99 Å². The molecule has 4 aromatic rings. The van der Waals surface area contributed by atoms with E-state index < -0.39 is 12.0 Å². The molecule has 0 amide bonds. The molecule has 2 heterocycles. The Morgan fingerprint density at radius 2 is 1.81 bits per heavy atom. The smallest absolute Gasteiger partial charge is 0.338 e. The van der Waals surface area contributed by atoms with Crippen molar-refractivity contribution in [2.75, 3.05) is 6.61 Å². The van der Waals surface area contributed by atoms with Crippen molar-refractivity contribution in [1.82, 2.24) is 4.57 Å². The van der Waals surface area contributed by atoms with E-state index in [0.717, 1.165) is 11.1 Å². The molecule has 9 heteroatoms. The number of esters is 1. The lowest BCUT2D eigenvalue weighted by Crippen LogP contribution is -2.40. The van der Waals surface area contributed by atoms with Crippen LogP contribution in [-0.4, -0.2) is 23.2 Å². The lowest BCUT2D eigenvalue weighted by molar-refractivity contribution is -0.139. The number of halogens is 1. The number of carbonyl (C=O) groups excluding carboxylic acids is 1. The number of hydrogen-bond donors (Lipinski definition) is 0. The van der Waals surface area contributed by atoms with Crippen molar-refractivity contribution in [1.29, 1.82) is 0 Å². The molecule has 7 nitrogen and oxygen atoms in total. The maximum atomic E-state index is 14.1. The Bertz CT molecular complexity index is 1840. The summed E-state index contributed by atoms with van der Waals surface area (Å²) in [6.45, 7) is 7.90. The zero-order valence-electron chi connectivity index (χ0n) is 23.8. The molecule has 1 aliphatic rings. The van der Waals surface area contributed by atoms with Crippen LogP contribution in [0, 0.1) is 0 Å². The standard InChI is InChI=1S/C33H31ClN2O5S/c1-5-39-32(38)29-21(4)35-33-36(30(29)25-14-7-9-16-27(25)41-20(2)3)31(37)28(42-33)18-23-12-6-8-15-26(23)40-19-22-11-10-13-24(34)17-22/h6-18,20,30H,5,19H2,1-4H3/b28-18-/t30-/m1/s1. The molecular weight excluding hydrogens is 572 g/mol. The number of thiazole rings is 1. The fourth-order valence-corrected chi connectivity index (χ4v) is 6.06. The van der Waals surface area contributed by atoms with Crippen LogP contribution >= 0.6 is 22.9 Å². The van der Waals surface area contributed by atoms with Gasteiger partial charge in [0.05, 0.1) is 28.5 Å². The zero-order valence-corrected chi connectivity index (χ0v) is 25.4. The van der Waals surface area contributed by atoms with E-state index >= 15 is 0 Å². The van der Waals surface area contributed by atoms with Crippen molar-refractivity contribution in [2.24, 2.45) is 4.99 Å². The highest BCUT2D eigenvalue weighted by molar-refractivity contribution is 7.07. The van der Waals surface area contributed by atoms with Crippen LogP contribution in [0.25, 0.3) is 6.08 Å². The number of aromatic nitrogens is 1. The van der Waals surface area contributed by atoms with Crippen LogP contribution in [0.1, 0.15) is 50.4 Å². The van der Waals surface area contributed by atoms with Crippen LogP contribution in [0.2, 0.25) is 5.02 Å². The summed E-state index contributed by atoms with van der Waals surface area (Å²) in [6.07, 6.45) is 1.69. The minimum atomic E-state index is -0.772. The summed E-state index contributed by atoms with van der Waals surface area (Å²) in [5.74, 6) is 0.694. The number of nitrogens with zero attached hydrogens (tertiary/aromatic N) is 2. The Balaban J connectivity index is 1.63. The third-order valence-electron chi connectivity index (χ3n) is 6.58. The molecule has 216 valence electrons. The van der Waals surface area contributed by atoms with Crippen LogP contribution in [0.4, 0.5) is 0 Å². The molecule has 0 aliphatic carbocycles. The molecule has 0 saturated carbocycles. The van der Waals surface area contributed by atoms with E-state index in [4.69, 9.17) is 25.8 Å². The Labute approximate surface area is 253 Å². The molecular formula is C33H31ClN2O5S. The van der Waals surface area contributed by atoms with E-state index in [9.17, 15) is 9.59 Å². The Hall–Kier alpha value is -4.14. The second kappa shape index (κ2) is 12.8. The fourth-order valence-electron chi connectivity index (χ4n) is 4.81. The van der Waals surface area contributed by atoms with Gasteiger partial charge in [0, 0.05) is 16.1 Å². The largest absolute Gasteiger partial charge is 0.491 e. The average molecular weight is 603 g/mol. The lowest BCUT2D eigenvalue weighted by atomic mass is 9.95. The number of rotatable bonds is 9. The first kappa shape index (κ1) is 29.4. The van der Waals surface area contributed by atoms with Gasteiger partial charge in [-0.15, -0.1) is 0 Å². The van der Waals surface area contributed by atoms with Gasteiger partial charge in [-0.3, -0.25) is 9.36 Å². The van der Waals surface area contributed by atoms with Crippen LogP contribution in [0.5, 0.6) is 11.5 Å². The first-order valence-electron chi connectivity index (χ1n) is 13.7. The third kappa shape index (κ3) is 6.20. The molecule has 1 aliphatic heterocycles. The van der Waals surface area contributed by atoms with Crippen molar-refractivity contribution in [3.63, 3.8) is 0 Å². The van der Waals surface area contributed by atoms with Crippen molar-refractivity contribution < 1.29 is 19.0 Å². The van der Waals surface area contributed by atoms with Crippen LogP contribution in [0.15, 0.2) is 93.9 Å². The summed E-state index contributed by atoms with van der Waals surface area (Å²) in [6, 6.07) is 21.7. The number of allylic oxidation sites excluding steroid dienone is 1. The minimum Gasteiger partial charge on any atom is -0.491 e. The van der Waals surface area contributed by atoms with Gasteiger partial charge in [-0.05, 0) is 63.6 Å². The van der Waals surface area contributed by atoms with E-state index in [1.54, 1.807) is 24.5 Å². The maximum absolute atomic E-state index is 14.1. The molecule has 0 saturated heterocycles. The Morgan fingerprint density at radius 1 is 1.07 bits per heavy atom. The lowest BCUT2D eigenvalue weighted by Gasteiger charge is -2.26. The topological polar surface area (TPSA) is 79.1 Å². The summed E-state index contributed by atoms with van der Waals surface area (Å²) < 4.78 is 19.7. The monoisotopic (exact) mass is 602 g/mol. The molecule has 3 aromatic carbocycles. The summed E-state index contributed by atoms with van der Waals surface area (Å²) in [4.78, 5) is 32.5. The molecule has 42 heavy (non-hydrogen) atoms. The average Bonchev–Trinajstić information content (AvgIpc) is 3.26. The number of fused-ring (bicyclic) bond motifs is 1. The molecule has 0 radical (unpaired) electrons. The van der Waals surface area contributed by atoms with E-state index in [1.807, 2.05) is 86.6 Å². The number of carbonyl (C=O) groups is 1. The minimum absolute atomic E-state index is 0.110. The van der Waals surface area contributed by atoms with Gasteiger partial charge in [0.25, 0.3) is 5.56 Å². The highest BCUT2D eigenvalue weighted by Gasteiger charge is 2.35. The van der Waals surface area contributed by atoms with Gasteiger partial charge in [-0.25, -0.2) is 9.79 Å². The normalized spacial score (nSPS) is 14.9. The number of para-hydroxylation sites is 2. The van der Waals surface area contributed by atoms with Gasteiger partial charge in [0.15, 0.2) is 4.80 Å². The Morgan fingerprint density at radius 3 is 2.55 bits per heavy atom. The van der Waals surface area contributed by atoms with Crippen molar-refractivity contribution in [2.45, 2.75) is 46.4 Å². The first-order valence-corrected chi connectivity index (χ1v) is 14.9. The van der Waals surface area contributed by atoms with Gasteiger partial charge in [-0.2, -0.15) is 0 Å². The molecule has 0 N–H and O–H groups in total. The van der Waals surface area contributed by atoms with E-state index in [-0.39, 0.29) is 18.3 Å². The molecule has 1 aromatic heterocycles. The highest BCUT2D eigenvalue weighted by atomic mass is 35.5. The molecule has 0 unspecified atom stereocenters. The molecule has 1 atom stereocenters. The second-order valence-corrected chi connectivity index (χ2v) is 11.4. The van der Waals surface area contributed by atoms with Crippen molar-refractivity contribution in [3.8, 4) is 11.5 Å². The number of hydrogen-bond acceptors (Lipinski definition) is 7. The summed E-state index contributed by atoms with van der Waals surface area (Å²) in [5.41, 5.74) is 2.88. The SMILES string of the molecule is CCOC(=O)C1=C(C)N=c2s/c(=C\c3ccccc3OCc3cccc(Cl)c3)c(=O)n2[C@@H]1c1ccccc1OC(C)C. The van der Waals surface area contributed by atoms with Gasteiger partial charge in [0.2, 0.25) is 0 Å². The van der Waals surface area contributed by atoms with E-state index in [1.165, 1.54) is 11.3 Å². The predicted octanol–water partition coefficient (Wildman–Crippen LogP) is 5.82. The second-order valence-electron chi connectivity index (χ2n) is 9.96. The van der Waals surface area contributed by atoms with Gasteiger partial charge < -0.3 is 14.2 Å². The number of ether oxygens (including phenoxy) is 3. The molecule has 0 fully saturated rings. The highest BCUT2D eigenvalue weighted by Crippen LogP contribution is 2.36. The fraction of sp³-hybridized carbons (Fsp3) is 0.242. The van der Waals surface area contributed by atoms with Gasteiger partial charge in [-0.1, -0.05) is 71.5 Å². The van der Waals surface area contributed by atoms with Crippen LogP contribution < -0.4 is 24.4 Å². The molecule has 0 spiro atoms. The summed E-state index contributed by atoms with van der Waals surface area (Å²) in [7, 11) is 0. The maximum Gasteiger partial charge on any atom is 0.338 e. The predicted molar refractivity (Wildman–Crippen MR) is 165 cm³/mol. The molecule has 5 rings (SSSR count). The van der Waals surface area contributed by atoms with Crippen LogP contribution in [0.3, 0.4) is 0 Å². The summed E-state index contributed by atoms with van der Waals surface area (Å²) >= 11 is 7.39. The number of benzene rings is 3. The van der Waals surface area contributed by atoms with Crippen molar-refractivity contribution in [3.05, 3.63) is 125 Å². The van der Waals surface area contributed by atoms with Gasteiger partial charge in [0.1, 0.15) is 24.1 Å². The zero-order chi connectivity index (χ0) is 29.8. The summed E-state index contributed by atoms with van der Waals surface area (Å²) in [5, 5.41) is 0.637. The first-order chi connectivity index (χ1) is 20.3. The van der Waals surface area contributed by atoms with Gasteiger partial charge >= 0.3 is 5.97 Å². The molecule has 0 bridgehead atoms. The quantitative estimate of drug-likeness (QED) is 0.226.